The SMILES string of the molecule is Cc1c([C@@H](O)CN2C[C@H]3C[C@@H]2CN3C[C@@H](O)c2ccc3c(c2)C[C@@H](C)OC3)ccc2c1COC2=O. The van der Waals surface area contributed by atoms with Gasteiger partial charge < -0.3 is 19.7 Å². The molecule has 2 bridgehead atoms. The van der Waals surface area contributed by atoms with E-state index in [4.69, 9.17) is 9.47 Å². The smallest absolute Gasteiger partial charge is 0.338 e. The third kappa shape index (κ3) is 4.19. The highest BCUT2D eigenvalue weighted by atomic mass is 16.5. The Balaban J connectivity index is 1.07. The van der Waals surface area contributed by atoms with Gasteiger partial charge in [0, 0.05) is 43.8 Å². The van der Waals surface area contributed by atoms with Crippen molar-refractivity contribution in [3.05, 3.63) is 69.3 Å². The van der Waals surface area contributed by atoms with Crippen LogP contribution in [0.3, 0.4) is 0 Å². The second-order valence-electron chi connectivity index (χ2n) is 10.7. The molecule has 4 heterocycles. The molecule has 4 aliphatic heterocycles. The summed E-state index contributed by atoms with van der Waals surface area (Å²) in [5, 5.41) is 22.0. The molecule has 0 spiro atoms. The van der Waals surface area contributed by atoms with Crippen molar-refractivity contribution in [2.24, 2.45) is 0 Å². The minimum atomic E-state index is -0.601. The Kier molecular flexibility index (Phi) is 5.93. The van der Waals surface area contributed by atoms with Gasteiger partial charge in [-0.2, -0.15) is 0 Å². The topological polar surface area (TPSA) is 82.5 Å². The normalized spacial score (nSPS) is 27.5. The molecule has 0 aliphatic carbocycles. The molecule has 0 aromatic heterocycles. The highest BCUT2D eigenvalue weighted by Gasteiger charge is 2.44. The molecule has 186 valence electrons. The number of carbonyl (C=O) groups excluding carboxylic acids is 1. The number of likely N-dealkylation sites (tertiary alicyclic amines) is 2. The fourth-order valence-electron chi connectivity index (χ4n) is 6.44. The molecule has 2 N–H and O–H groups in total. The van der Waals surface area contributed by atoms with Crippen LogP contribution in [-0.4, -0.2) is 70.3 Å². The maximum absolute atomic E-state index is 11.8. The van der Waals surface area contributed by atoms with Crippen LogP contribution in [0.15, 0.2) is 30.3 Å². The maximum atomic E-state index is 11.8. The summed E-state index contributed by atoms with van der Waals surface area (Å²) < 4.78 is 10.9. The molecule has 7 nitrogen and oxygen atoms in total. The number of hydrogen-bond acceptors (Lipinski definition) is 7. The van der Waals surface area contributed by atoms with Crippen LogP contribution in [-0.2, 0) is 29.1 Å². The monoisotopic (exact) mass is 478 g/mol. The number of piperazine rings is 1. The Morgan fingerprint density at radius 1 is 1.00 bits per heavy atom. The number of rotatable bonds is 6. The number of ether oxygens (including phenoxy) is 2. The van der Waals surface area contributed by atoms with Crippen molar-refractivity contribution in [1.82, 2.24) is 9.80 Å². The Bertz CT molecular complexity index is 1150. The molecule has 2 aromatic carbocycles. The third-order valence-corrected chi connectivity index (χ3v) is 8.50. The molecular weight excluding hydrogens is 444 g/mol. The van der Waals surface area contributed by atoms with E-state index in [-0.39, 0.29) is 12.1 Å². The van der Waals surface area contributed by atoms with Crippen LogP contribution in [0.4, 0.5) is 0 Å². The van der Waals surface area contributed by atoms with Crippen LogP contribution in [0.25, 0.3) is 0 Å². The summed E-state index contributed by atoms with van der Waals surface area (Å²) in [6.45, 7) is 8.04. The number of benzene rings is 2. The van der Waals surface area contributed by atoms with Gasteiger partial charge in [0.2, 0.25) is 0 Å². The lowest BCUT2D eigenvalue weighted by molar-refractivity contribution is 0.0400. The largest absolute Gasteiger partial charge is 0.457 e. The van der Waals surface area contributed by atoms with Gasteiger partial charge in [0.05, 0.1) is 30.5 Å². The summed E-state index contributed by atoms with van der Waals surface area (Å²) in [5.41, 5.74) is 6.87. The van der Waals surface area contributed by atoms with Crippen molar-refractivity contribution in [3.63, 3.8) is 0 Å². The predicted octanol–water partition coefficient (Wildman–Crippen LogP) is 2.65. The van der Waals surface area contributed by atoms with Crippen LogP contribution in [0.5, 0.6) is 0 Å². The van der Waals surface area contributed by atoms with E-state index >= 15 is 0 Å². The summed E-state index contributed by atoms with van der Waals surface area (Å²) in [6, 6.07) is 10.7. The molecule has 4 aliphatic rings. The van der Waals surface area contributed by atoms with E-state index in [1.807, 2.05) is 19.1 Å². The average molecular weight is 479 g/mol. The molecule has 2 aromatic rings. The Morgan fingerprint density at radius 2 is 1.74 bits per heavy atom. The molecule has 6 rings (SSSR count). The van der Waals surface area contributed by atoms with Gasteiger partial charge in [-0.05, 0) is 60.6 Å². The van der Waals surface area contributed by atoms with E-state index in [1.165, 1.54) is 11.1 Å². The number of carbonyl (C=O) groups is 1. The molecular formula is C28H34N2O5. The quantitative estimate of drug-likeness (QED) is 0.618. The van der Waals surface area contributed by atoms with Crippen molar-refractivity contribution in [3.8, 4) is 0 Å². The van der Waals surface area contributed by atoms with Gasteiger partial charge in [-0.1, -0.05) is 24.3 Å². The molecule has 7 heteroatoms. The van der Waals surface area contributed by atoms with E-state index in [9.17, 15) is 15.0 Å². The zero-order valence-electron chi connectivity index (χ0n) is 20.4. The lowest BCUT2D eigenvalue weighted by Gasteiger charge is -2.36. The second kappa shape index (κ2) is 8.98. The minimum absolute atomic E-state index is 0.224. The third-order valence-electron chi connectivity index (χ3n) is 8.50. The fourth-order valence-corrected chi connectivity index (χ4v) is 6.44. The highest BCUT2D eigenvalue weighted by molar-refractivity contribution is 5.93. The van der Waals surface area contributed by atoms with Crippen molar-refractivity contribution in [2.75, 3.05) is 26.2 Å². The lowest BCUT2D eigenvalue weighted by Crippen LogP contribution is -2.48. The van der Waals surface area contributed by atoms with Gasteiger partial charge in [0.1, 0.15) is 6.61 Å². The zero-order chi connectivity index (χ0) is 24.3. The molecule has 0 unspecified atom stereocenters. The molecule has 35 heavy (non-hydrogen) atoms. The van der Waals surface area contributed by atoms with Crippen LogP contribution in [0.1, 0.15) is 69.3 Å². The van der Waals surface area contributed by atoms with Crippen molar-refractivity contribution in [1.29, 1.82) is 0 Å². The van der Waals surface area contributed by atoms with Gasteiger partial charge in [0.15, 0.2) is 0 Å². The summed E-state index contributed by atoms with van der Waals surface area (Å²) in [7, 11) is 0. The van der Waals surface area contributed by atoms with E-state index in [0.29, 0.717) is 44.0 Å². The lowest BCUT2D eigenvalue weighted by atomic mass is 9.95. The first kappa shape index (κ1) is 23.1. The van der Waals surface area contributed by atoms with E-state index in [0.717, 1.165) is 48.2 Å². The second-order valence-corrected chi connectivity index (χ2v) is 10.7. The summed E-state index contributed by atoms with van der Waals surface area (Å²) in [6.07, 6.45) is 1.09. The fraction of sp³-hybridized carbons (Fsp3) is 0.536. The maximum Gasteiger partial charge on any atom is 0.338 e. The average Bonchev–Trinajstić information content (AvgIpc) is 3.53. The molecule has 0 radical (unpaired) electrons. The number of hydrogen-bond donors (Lipinski definition) is 2. The number of nitrogens with zero attached hydrogens (tertiary/aromatic N) is 2. The van der Waals surface area contributed by atoms with Crippen LogP contribution in [0.2, 0.25) is 0 Å². The molecule has 0 saturated carbocycles. The molecule has 0 amide bonds. The van der Waals surface area contributed by atoms with Crippen molar-refractivity contribution < 1.29 is 24.5 Å². The Labute approximate surface area is 206 Å². The number of aliphatic hydroxyl groups is 2. The first-order valence-corrected chi connectivity index (χ1v) is 12.7. The first-order chi connectivity index (χ1) is 16.9. The summed E-state index contributed by atoms with van der Waals surface area (Å²) in [4.78, 5) is 16.6. The standard InChI is InChI=1S/C28H34N2O5/c1-16-7-20-8-18(3-4-19(20)14-34-16)26(31)12-29-10-22-9-21(29)11-30(22)13-27(32)23-5-6-24-25(17(23)2)15-35-28(24)33/h3-6,8,16,21-22,26-27,31-32H,7,9-15H2,1-2H3/t16-,21-,22-,26-,27+/m1/s1. The van der Waals surface area contributed by atoms with E-state index in [2.05, 4.69) is 28.9 Å². The highest BCUT2D eigenvalue weighted by Crippen LogP contribution is 2.35. The Morgan fingerprint density at radius 3 is 2.49 bits per heavy atom. The number of cyclic esters (lactones) is 1. The van der Waals surface area contributed by atoms with Gasteiger partial charge in [-0.25, -0.2) is 4.79 Å². The van der Waals surface area contributed by atoms with Crippen molar-refractivity contribution >= 4 is 5.97 Å². The van der Waals surface area contributed by atoms with E-state index < -0.39 is 12.2 Å². The first-order valence-electron chi connectivity index (χ1n) is 12.7. The zero-order valence-corrected chi connectivity index (χ0v) is 20.4. The molecule has 2 fully saturated rings. The minimum Gasteiger partial charge on any atom is -0.457 e. The van der Waals surface area contributed by atoms with Crippen LogP contribution < -0.4 is 0 Å². The molecule has 2 saturated heterocycles. The summed E-state index contributed by atoms with van der Waals surface area (Å²) >= 11 is 0. The number of fused-ring (bicyclic) bond motifs is 4. The van der Waals surface area contributed by atoms with Crippen LogP contribution >= 0.6 is 0 Å². The number of esters is 1. The molecule has 5 atom stereocenters. The van der Waals surface area contributed by atoms with Gasteiger partial charge in [-0.3, -0.25) is 9.80 Å². The van der Waals surface area contributed by atoms with Crippen molar-refractivity contribution in [2.45, 2.75) is 70.3 Å². The summed E-state index contributed by atoms with van der Waals surface area (Å²) in [5.74, 6) is -0.276. The predicted molar refractivity (Wildman–Crippen MR) is 130 cm³/mol. The number of β-amino-alcohol motifs (C(OH)–C–C–N with tert-alkyl or cyclic N) is 2. The van der Waals surface area contributed by atoms with Gasteiger partial charge in [-0.15, -0.1) is 0 Å². The van der Waals surface area contributed by atoms with Gasteiger partial charge >= 0.3 is 5.97 Å². The van der Waals surface area contributed by atoms with E-state index in [1.54, 1.807) is 6.07 Å². The number of aliphatic hydroxyl groups excluding tert-OH is 2. The van der Waals surface area contributed by atoms with Gasteiger partial charge in [0.25, 0.3) is 0 Å². The van der Waals surface area contributed by atoms with Crippen LogP contribution in [0, 0.1) is 6.92 Å². The Hall–Kier alpha value is -2.29.